The SMILES string of the molecule is C[C@@](N)(Cc1cccc(Br)c1)C(=O)O.O. The van der Waals surface area contributed by atoms with Crippen molar-refractivity contribution in [3.05, 3.63) is 34.3 Å². The first kappa shape index (κ1) is 14.1. The highest BCUT2D eigenvalue weighted by atomic mass is 79.9. The Morgan fingerprint density at radius 1 is 1.60 bits per heavy atom. The van der Waals surface area contributed by atoms with Crippen LogP contribution in [0.1, 0.15) is 12.5 Å². The van der Waals surface area contributed by atoms with E-state index >= 15 is 0 Å². The van der Waals surface area contributed by atoms with E-state index in [0.717, 1.165) is 10.0 Å². The van der Waals surface area contributed by atoms with Gasteiger partial charge in [0.2, 0.25) is 0 Å². The van der Waals surface area contributed by atoms with Crippen molar-refractivity contribution in [1.82, 2.24) is 0 Å². The van der Waals surface area contributed by atoms with Gasteiger partial charge < -0.3 is 16.3 Å². The maximum absolute atomic E-state index is 10.8. The second kappa shape index (κ2) is 5.25. The molecule has 5 N–H and O–H groups in total. The van der Waals surface area contributed by atoms with Gasteiger partial charge in [0.05, 0.1) is 0 Å². The Hall–Kier alpha value is -0.910. The zero-order valence-corrected chi connectivity index (χ0v) is 9.91. The number of carboxylic acids is 1. The molecule has 84 valence electrons. The standard InChI is InChI=1S/C10H12BrNO2.H2O/c1-10(12,9(13)14)6-7-3-2-4-8(11)5-7;/h2-5H,6,12H2,1H3,(H,13,14);1H2/t10-;/m1./s1. The number of carbonyl (C=O) groups is 1. The summed E-state index contributed by atoms with van der Waals surface area (Å²) in [6, 6.07) is 7.47. The molecule has 1 aromatic rings. The van der Waals surface area contributed by atoms with Gasteiger partial charge in [0.25, 0.3) is 0 Å². The third kappa shape index (κ3) is 3.99. The summed E-state index contributed by atoms with van der Waals surface area (Å²) in [6.45, 7) is 1.51. The molecular weight excluding hydrogens is 262 g/mol. The highest BCUT2D eigenvalue weighted by Gasteiger charge is 2.27. The fourth-order valence-electron chi connectivity index (χ4n) is 1.15. The van der Waals surface area contributed by atoms with Gasteiger partial charge in [-0.25, -0.2) is 0 Å². The molecule has 0 bridgehead atoms. The van der Waals surface area contributed by atoms with E-state index in [1.165, 1.54) is 6.92 Å². The minimum atomic E-state index is -1.21. The van der Waals surface area contributed by atoms with E-state index in [1.54, 1.807) is 0 Å². The summed E-state index contributed by atoms with van der Waals surface area (Å²) in [5, 5.41) is 8.84. The molecule has 0 aliphatic heterocycles. The lowest BCUT2D eigenvalue weighted by atomic mass is 9.94. The summed E-state index contributed by atoms with van der Waals surface area (Å²) < 4.78 is 0.927. The van der Waals surface area contributed by atoms with E-state index in [0.29, 0.717) is 6.42 Å². The molecule has 0 spiro atoms. The Kier molecular flexibility index (Phi) is 4.93. The quantitative estimate of drug-likeness (QED) is 0.861. The molecule has 0 heterocycles. The summed E-state index contributed by atoms with van der Waals surface area (Å²) in [4.78, 5) is 10.8. The first-order valence-corrected chi connectivity index (χ1v) is 4.98. The van der Waals surface area contributed by atoms with Crippen molar-refractivity contribution in [2.24, 2.45) is 5.73 Å². The zero-order chi connectivity index (χ0) is 10.8. The second-order valence-corrected chi connectivity index (χ2v) is 4.44. The number of hydrogen-bond acceptors (Lipinski definition) is 2. The summed E-state index contributed by atoms with van der Waals surface area (Å²) in [5.74, 6) is -0.988. The van der Waals surface area contributed by atoms with Gasteiger partial charge in [-0.3, -0.25) is 4.79 Å². The van der Waals surface area contributed by atoms with Crippen LogP contribution < -0.4 is 5.73 Å². The molecule has 15 heavy (non-hydrogen) atoms. The van der Waals surface area contributed by atoms with Crippen LogP contribution in [0.4, 0.5) is 0 Å². The lowest BCUT2D eigenvalue weighted by Crippen LogP contribution is -2.46. The molecule has 5 heteroatoms. The van der Waals surface area contributed by atoms with Gasteiger partial charge in [-0.05, 0) is 24.6 Å². The van der Waals surface area contributed by atoms with Gasteiger partial charge in [-0.1, -0.05) is 28.1 Å². The van der Waals surface area contributed by atoms with Gasteiger partial charge >= 0.3 is 5.97 Å². The predicted molar refractivity (Wildman–Crippen MR) is 61.7 cm³/mol. The molecule has 4 nitrogen and oxygen atoms in total. The van der Waals surface area contributed by atoms with Crippen molar-refractivity contribution in [2.45, 2.75) is 18.9 Å². The van der Waals surface area contributed by atoms with E-state index in [4.69, 9.17) is 10.8 Å². The van der Waals surface area contributed by atoms with Gasteiger partial charge in [-0.2, -0.15) is 0 Å². The Labute approximate surface area is 96.5 Å². The lowest BCUT2D eigenvalue weighted by molar-refractivity contribution is -0.142. The number of benzene rings is 1. The van der Waals surface area contributed by atoms with E-state index in [9.17, 15) is 4.79 Å². The second-order valence-electron chi connectivity index (χ2n) is 3.53. The number of hydrogen-bond donors (Lipinski definition) is 2. The number of nitrogens with two attached hydrogens (primary N) is 1. The Morgan fingerprint density at radius 2 is 2.20 bits per heavy atom. The largest absolute Gasteiger partial charge is 0.480 e. The van der Waals surface area contributed by atoms with Crippen molar-refractivity contribution in [2.75, 3.05) is 0 Å². The molecule has 0 radical (unpaired) electrons. The topological polar surface area (TPSA) is 94.8 Å². The fourth-order valence-corrected chi connectivity index (χ4v) is 1.59. The number of rotatable bonds is 3. The van der Waals surface area contributed by atoms with Crippen LogP contribution in [-0.4, -0.2) is 22.1 Å². The highest BCUT2D eigenvalue weighted by Crippen LogP contribution is 2.16. The van der Waals surface area contributed by atoms with Crippen molar-refractivity contribution in [3.63, 3.8) is 0 Å². The maximum Gasteiger partial charge on any atom is 0.323 e. The van der Waals surface area contributed by atoms with Crippen LogP contribution in [0.2, 0.25) is 0 Å². The first-order chi connectivity index (χ1) is 6.42. The van der Waals surface area contributed by atoms with Crippen LogP contribution >= 0.6 is 15.9 Å². The van der Waals surface area contributed by atoms with Crippen LogP contribution in [0.5, 0.6) is 0 Å². The Morgan fingerprint density at radius 3 is 2.67 bits per heavy atom. The van der Waals surface area contributed by atoms with Crippen molar-refractivity contribution < 1.29 is 15.4 Å². The third-order valence-electron chi connectivity index (χ3n) is 1.95. The van der Waals surface area contributed by atoms with Gasteiger partial charge in [-0.15, -0.1) is 0 Å². The van der Waals surface area contributed by atoms with E-state index in [-0.39, 0.29) is 5.48 Å². The van der Waals surface area contributed by atoms with Crippen LogP contribution in [0.15, 0.2) is 28.7 Å². The lowest BCUT2D eigenvalue weighted by Gasteiger charge is -2.18. The molecule has 1 aromatic carbocycles. The molecule has 0 amide bonds. The monoisotopic (exact) mass is 275 g/mol. The van der Waals surface area contributed by atoms with Crippen molar-refractivity contribution >= 4 is 21.9 Å². The molecule has 1 atom stereocenters. The van der Waals surface area contributed by atoms with E-state index in [1.807, 2.05) is 24.3 Å². The molecule has 0 aromatic heterocycles. The third-order valence-corrected chi connectivity index (χ3v) is 2.44. The summed E-state index contributed by atoms with van der Waals surface area (Å²) in [6.07, 6.45) is 0.321. The fraction of sp³-hybridized carbons (Fsp3) is 0.300. The first-order valence-electron chi connectivity index (χ1n) is 4.18. The molecule has 0 saturated heterocycles. The number of aliphatic carboxylic acids is 1. The minimum Gasteiger partial charge on any atom is -0.480 e. The average molecular weight is 276 g/mol. The molecule has 0 unspecified atom stereocenters. The molecule has 0 saturated carbocycles. The van der Waals surface area contributed by atoms with E-state index in [2.05, 4.69) is 15.9 Å². The van der Waals surface area contributed by atoms with Crippen molar-refractivity contribution in [1.29, 1.82) is 0 Å². The van der Waals surface area contributed by atoms with Gasteiger partial charge in [0.15, 0.2) is 0 Å². The van der Waals surface area contributed by atoms with Crippen molar-refractivity contribution in [3.8, 4) is 0 Å². The number of halogens is 1. The normalized spacial score (nSPS) is 13.8. The predicted octanol–water partition coefficient (Wildman–Crippen LogP) is 0.969. The van der Waals surface area contributed by atoms with E-state index < -0.39 is 11.5 Å². The summed E-state index contributed by atoms with van der Waals surface area (Å²) in [7, 11) is 0. The van der Waals surface area contributed by atoms with Crippen LogP contribution in [-0.2, 0) is 11.2 Å². The highest BCUT2D eigenvalue weighted by molar-refractivity contribution is 9.10. The molecule has 0 aliphatic rings. The molecule has 0 fully saturated rings. The molecule has 0 aliphatic carbocycles. The van der Waals surface area contributed by atoms with Crippen LogP contribution in [0, 0.1) is 0 Å². The Balaban J connectivity index is 0.00000196. The summed E-state index contributed by atoms with van der Waals surface area (Å²) in [5.41, 5.74) is 5.33. The maximum atomic E-state index is 10.8. The van der Waals surface area contributed by atoms with Crippen LogP contribution in [0.3, 0.4) is 0 Å². The van der Waals surface area contributed by atoms with Crippen LogP contribution in [0.25, 0.3) is 0 Å². The molecule has 1 rings (SSSR count). The smallest absolute Gasteiger partial charge is 0.323 e. The number of carboxylic acid groups (broad SMARTS) is 1. The Bertz CT molecular complexity index is 352. The minimum absolute atomic E-state index is 0. The zero-order valence-electron chi connectivity index (χ0n) is 8.33. The van der Waals surface area contributed by atoms with Gasteiger partial charge in [0, 0.05) is 10.9 Å². The molecular formula is C10H14BrNO3. The average Bonchev–Trinajstić information content (AvgIpc) is 2.02. The van der Waals surface area contributed by atoms with Gasteiger partial charge in [0.1, 0.15) is 5.54 Å². The summed E-state index contributed by atoms with van der Waals surface area (Å²) >= 11 is 3.32.